The maximum Gasteiger partial charge on any atom is 0.509 e. The second-order valence-corrected chi connectivity index (χ2v) is 9.57. The van der Waals surface area contributed by atoms with E-state index in [1.54, 1.807) is 0 Å². The van der Waals surface area contributed by atoms with Crippen LogP contribution in [-0.2, 0) is 9.47 Å². The van der Waals surface area contributed by atoms with E-state index in [0.717, 1.165) is 25.7 Å². The summed E-state index contributed by atoms with van der Waals surface area (Å²) in [7, 11) is 0. The standard InChI is InChI=1S/C25H44O3/c1-10-11-12-13-14-15-16-17-18-24(6,7)19-25(8,9)28-23(26)27-22(20(2)3)21(4)5/h11-12,14-15,17-18,20-22H,10,13,16,19H2,1-9H3/b12-11-,15-14-,18-17-. The van der Waals surface area contributed by atoms with Crippen LogP contribution in [0.4, 0.5) is 4.79 Å². The molecule has 0 atom stereocenters. The van der Waals surface area contributed by atoms with Gasteiger partial charge in [-0.3, -0.25) is 0 Å². The van der Waals surface area contributed by atoms with Gasteiger partial charge in [0.05, 0.1) is 0 Å². The van der Waals surface area contributed by atoms with Gasteiger partial charge in [-0.15, -0.1) is 0 Å². The van der Waals surface area contributed by atoms with Gasteiger partial charge in [0.1, 0.15) is 11.7 Å². The number of hydrogen-bond donors (Lipinski definition) is 0. The summed E-state index contributed by atoms with van der Waals surface area (Å²) in [6.45, 7) is 18.6. The molecule has 0 unspecified atom stereocenters. The lowest BCUT2D eigenvalue weighted by Gasteiger charge is -2.33. The molecule has 0 aromatic carbocycles. The first kappa shape index (κ1) is 26.5. The Morgan fingerprint density at radius 1 is 0.857 bits per heavy atom. The van der Waals surface area contributed by atoms with Gasteiger partial charge < -0.3 is 9.47 Å². The van der Waals surface area contributed by atoms with Gasteiger partial charge in [-0.1, -0.05) is 84.9 Å². The van der Waals surface area contributed by atoms with Crippen molar-refractivity contribution in [2.75, 3.05) is 0 Å². The SMILES string of the molecule is CC/C=C\C/C=C\C/C=C\C(C)(C)CC(C)(C)OC(=O)OC(C(C)C)C(C)C. The topological polar surface area (TPSA) is 35.5 Å². The summed E-state index contributed by atoms with van der Waals surface area (Å²) in [5.74, 6) is 0.529. The number of hydrogen-bond acceptors (Lipinski definition) is 3. The minimum absolute atomic E-state index is 0.0742. The molecule has 0 spiro atoms. The Morgan fingerprint density at radius 2 is 1.36 bits per heavy atom. The summed E-state index contributed by atoms with van der Waals surface area (Å²) in [6, 6.07) is 0. The van der Waals surface area contributed by atoms with Crippen molar-refractivity contribution in [3.63, 3.8) is 0 Å². The Bertz CT molecular complexity index is 514. The highest BCUT2D eigenvalue weighted by atomic mass is 16.7. The summed E-state index contributed by atoms with van der Waals surface area (Å²) < 4.78 is 11.3. The fourth-order valence-corrected chi connectivity index (χ4v) is 3.59. The van der Waals surface area contributed by atoms with Crippen LogP contribution >= 0.6 is 0 Å². The van der Waals surface area contributed by atoms with Crippen LogP contribution in [0.2, 0.25) is 0 Å². The summed E-state index contributed by atoms with van der Waals surface area (Å²) >= 11 is 0. The quantitative estimate of drug-likeness (QED) is 0.250. The molecule has 28 heavy (non-hydrogen) atoms. The van der Waals surface area contributed by atoms with Crippen LogP contribution in [-0.4, -0.2) is 17.9 Å². The lowest BCUT2D eigenvalue weighted by atomic mass is 9.81. The lowest BCUT2D eigenvalue weighted by molar-refractivity contribution is -0.0629. The molecule has 0 aliphatic heterocycles. The Balaban J connectivity index is 4.60. The average molecular weight is 393 g/mol. The summed E-state index contributed by atoms with van der Waals surface area (Å²) in [6.07, 6.45) is 16.1. The van der Waals surface area contributed by atoms with Gasteiger partial charge in [-0.25, -0.2) is 4.79 Å². The van der Waals surface area contributed by atoms with Gasteiger partial charge in [-0.2, -0.15) is 0 Å². The second-order valence-electron chi connectivity index (χ2n) is 9.57. The molecule has 0 saturated carbocycles. The Hall–Kier alpha value is -1.51. The van der Waals surface area contributed by atoms with Crippen molar-refractivity contribution in [3.8, 4) is 0 Å². The number of carbonyl (C=O) groups is 1. The third-order valence-electron chi connectivity index (χ3n) is 4.47. The van der Waals surface area contributed by atoms with E-state index in [0.29, 0.717) is 0 Å². The monoisotopic (exact) mass is 392 g/mol. The number of allylic oxidation sites excluding steroid dienone is 6. The predicted octanol–water partition coefficient (Wildman–Crippen LogP) is 7.87. The average Bonchev–Trinajstić information content (AvgIpc) is 2.52. The van der Waals surface area contributed by atoms with E-state index in [4.69, 9.17) is 9.47 Å². The van der Waals surface area contributed by atoms with Crippen LogP contribution in [0.25, 0.3) is 0 Å². The molecule has 0 fully saturated rings. The first-order valence-corrected chi connectivity index (χ1v) is 10.8. The molecule has 0 saturated heterocycles. The number of ether oxygens (including phenoxy) is 2. The molecule has 0 aromatic rings. The maximum atomic E-state index is 12.3. The van der Waals surface area contributed by atoms with E-state index in [1.165, 1.54) is 0 Å². The number of carbonyl (C=O) groups excluding carboxylic acids is 1. The minimum Gasteiger partial charge on any atom is -0.430 e. The maximum absolute atomic E-state index is 12.3. The van der Waals surface area contributed by atoms with Gasteiger partial charge in [-0.05, 0) is 56.8 Å². The minimum atomic E-state index is -0.593. The van der Waals surface area contributed by atoms with Crippen molar-refractivity contribution in [3.05, 3.63) is 36.5 Å². The lowest BCUT2D eigenvalue weighted by Crippen LogP contribution is -2.36. The third-order valence-corrected chi connectivity index (χ3v) is 4.47. The summed E-state index contributed by atoms with van der Waals surface area (Å²) in [4.78, 5) is 12.3. The van der Waals surface area contributed by atoms with E-state index in [2.05, 4.69) is 84.9 Å². The van der Waals surface area contributed by atoms with Gasteiger partial charge >= 0.3 is 6.16 Å². The van der Waals surface area contributed by atoms with Crippen molar-refractivity contribution in [2.45, 2.75) is 99.7 Å². The third kappa shape index (κ3) is 12.8. The first-order valence-electron chi connectivity index (χ1n) is 10.8. The fraction of sp³-hybridized carbons (Fsp3) is 0.720. The highest BCUT2D eigenvalue weighted by Gasteiger charge is 2.32. The summed E-state index contributed by atoms with van der Waals surface area (Å²) in [5.41, 5.74) is -0.667. The van der Waals surface area contributed by atoms with Crippen LogP contribution in [0.15, 0.2) is 36.5 Å². The van der Waals surface area contributed by atoms with Crippen molar-refractivity contribution in [2.24, 2.45) is 17.3 Å². The van der Waals surface area contributed by atoms with E-state index < -0.39 is 11.8 Å². The van der Waals surface area contributed by atoms with Crippen LogP contribution in [0, 0.1) is 17.3 Å². The zero-order valence-corrected chi connectivity index (χ0v) is 19.7. The summed E-state index contributed by atoms with van der Waals surface area (Å²) in [5, 5.41) is 0. The van der Waals surface area contributed by atoms with Gasteiger partial charge in [0.2, 0.25) is 0 Å². The van der Waals surface area contributed by atoms with Crippen molar-refractivity contribution in [1.29, 1.82) is 0 Å². The van der Waals surface area contributed by atoms with Crippen LogP contribution in [0.3, 0.4) is 0 Å². The molecule has 0 bridgehead atoms. The van der Waals surface area contributed by atoms with E-state index >= 15 is 0 Å². The second kappa shape index (κ2) is 12.9. The van der Waals surface area contributed by atoms with E-state index in [9.17, 15) is 4.79 Å². The molecule has 0 heterocycles. The molecular weight excluding hydrogens is 348 g/mol. The Kier molecular flexibility index (Phi) is 12.2. The Labute approximate surface area is 174 Å². The number of rotatable bonds is 12. The van der Waals surface area contributed by atoms with Crippen molar-refractivity contribution >= 4 is 6.16 Å². The van der Waals surface area contributed by atoms with Gasteiger partial charge in [0.25, 0.3) is 0 Å². The molecule has 0 aromatic heterocycles. The molecule has 0 aliphatic rings. The smallest absolute Gasteiger partial charge is 0.430 e. The molecule has 162 valence electrons. The highest BCUT2D eigenvalue weighted by Crippen LogP contribution is 2.32. The normalized spacial score (nSPS) is 13.7. The Morgan fingerprint density at radius 3 is 1.86 bits per heavy atom. The van der Waals surface area contributed by atoms with Gasteiger partial charge in [0, 0.05) is 0 Å². The molecule has 0 rings (SSSR count). The zero-order chi connectivity index (χ0) is 21.8. The highest BCUT2D eigenvalue weighted by molar-refractivity contribution is 5.60. The van der Waals surface area contributed by atoms with E-state index in [-0.39, 0.29) is 23.4 Å². The molecule has 0 radical (unpaired) electrons. The molecule has 0 amide bonds. The molecule has 0 N–H and O–H groups in total. The zero-order valence-electron chi connectivity index (χ0n) is 19.7. The molecule has 3 heteroatoms. The van der Waals surface area contributed by atoms with Crippen molar-refractivity contribution in [1.82, 2.24) is 0 Å². The first-order chi connectivity index (χ1) is 12.9. The molecular formula is C25H44O3. The van der Waals surface area contributed by atoms with Crippen LogP contribution in [0.5, 0.6) is 0 Å². The van der Waals surface area contributed by atoms with Crippen molar-refractivity contribution < 1.29 is 14.3 Å². The van der Waals surface area contributed by atoms with Crippen LogP contribution < -0.4 is 0 Å². The molecule has 3 nitrogen and oxygen atoms in total. The van der Waals surface area contributed by atoms with Gasteiger partial charge in [0.15, 0.2) is 0 Å². The predicted molar refractivity (Wildman–Crippen MR) is 120 cm³/mol. The molecule has 0 aliphatic carbocycles. The largest absolute Gasteiger partial charge is 0.509 e. The fourth-order valence-electron chi connectivity index (χ4n) is 3.59. The van der Waals surface area contributed by atoms with E-state index in [1.807, 2.05) is 13.8 Å². The van der Waals surface area contributed by atoms with Crippen LogP contribution in [0.1, 0.15) is 88.0 Å².